The fraction of sp³-hybridized carbons (Fsp3) is 0.440. The number of nitrogens with one attached hydrogen (secondary N) is 2. The molecule has 0 bridgehead atoms. The summed E-state index contributed by atoms with van der Waals surface area (Å²) in [6, 6.07) is 7.10. The van der Waals surface area contributed by atoms with Crippen LogP contribution in [0.25, 0.3) is 11.2 Å². The van der Waals surface area contributed by atoms with Crippen molar-refractivity contribution in [2.45, 2.75) is 45.7 Å². The van der Waals surface area contributed by atoms with Crippen LogP contribution >= 0.6 is 0 Å². The fourth-order valence-electron chi connectivity index (χ4n) is 3.58. The predicted octanol–water partition coefficient (Wildman–Crippen LogP) is 1.66. The van der Waals surface area contributed by atoms with Gasteiger partial charge in [0.05, 0.1) is 25.0 Å². The number of anilines is 3. The maximum absolute atomic E-state index is 12.6. The standard InChI is InChI=1S/C25H35N9O3/c1-4-12-37-13-11-28-20(35)10-5-16(2)30-24(36)17-6-8-19(9-7-17)34(3)15-18-14-29-23-21(31-18)22(26)32-25(27)33-23/h6-9,14,16H,4-5,10-13,15H2,1-3H3,(H,28,35)(H,30,36)(H4,26,27,29,32,33)/t16-/m1/s1. The number of ether oxygens (including phenoxy) is 1. The molecule has 12 heteroatoms. The van der Waals surface area contributed by atoms with Crippen LogP contribution in [0.2, 0.25) is 0 Å². The van der Waals surface area contributed by atoms with Gasteiger partial charge < -0.3 is 31.7 Å². The third-order valence-electron chi connectivity index (χ3n) is 5.57. The van der Waals surface area contributed by atoms with Crippen LogP contribution in [0.5, 0.6) is 0 Å². The van der Waals surface area contributed by atoms with E-state index in [2.05, 4.69) is 30.6 Å². The Balaban J connectivity index is 1.48. The lowest BCUT2D eigenvalue weighted by Crippen LogP contribution is -2.34. The van der Waals surface area contributed by atoms with E-state index in [0.717, 1.165) is 12.1 Å². The maximum Gasteiger partial charge on any atom is 0.251 e. The highest BCUT2D eigenvalue weighted by atomic mass is 16.5. The number of benzene rings is 1. The Morgan fingerprint density at radius 2 is 1.86 bits per heavy atom. The minimum absolute atomic E-state index is 0.0518. The van der Waals surface area contributed by atoms with Gasteiger partial charge in [-0.1, -0.05) is 6.92 Å². The molecule has 0 aliphatic rings. The molecule has 12 nitrogen and oxygen atoms in total. The number of rotatable bonds is 13. The minimum Gasteiger partial charge on any atom is -0.382 e. The molecule has 0 saturated heterocycles. The molecule has 0 aliphatic carbocycles. The molecular formula is C25H35N9O3. The summed E-state index contributed by atoms with van der Waals surface area (Å²) in [5.41, 5.74) is 14.4. The number of aromatic nitrogens is 4. The third kappa shape index (κ3) is 8.24. The topological polar surface area (TPSA) is 174 Å². The first-order valence-corrected chi connectivity index (χ1v) is 12.3. The second kappa shape index (κ2) is 13.3. The maximum atomic E-state index is 12.6. The Bertz CT molecular complexity index is 1200. The van der Waals surface area contributed by atoms with E-state index in [-0.39, 0.29) is 29.6 Å². The van der Waals surface area contributed by atoms with Crippen molar-refractivity contribution >= 4 is 40.4 Å². The van der Waals surface area contributed by atoms with E-state index in [1.807, 2.05) is 37.9 Å². The average Bonchev–Trinajstić information content (AvgIpc) is 2.87. The van der Waals surface area contributed by atoms with Crippen molar-refractivity contribution in [2.75, 3.05) is 43.2 Å². The molecule has 198 valence electrons. The molecule has 0 saturated carbocycles. The number of nitrogen functional groups attached to an aromatic ring is 2. The van der Waals surface area contributed by atoms with Crippen molar-refractivity contribution in [1.29, 1.82) is 0 Å². The number of amides is 2. The van der Waals surface area contributed by atoms with Gasteiger partial charge in [-0.15, -0.1) is 0 Å². The van der Waals surface area contributed by atoms with Gasteiger partial charge in [-0.2, -0.15) is 9.97 Å². The third-order valence-corrected chi connectivity index (χ3v) is 5.57. The van der Waals surface area contributed by atoms with Crippen LogP contribution in [0.1, 0.15) is 49.2 Å². The smallest absolute Gasteiger partial charge is 0.251 e. The minimum atomic E-state index is -0.190. The molecule has 1 aromatic carbocycles. The summed E-state index contributed by atoms with van der Waals surface area (Å²) in [6.45, 7) is 6.07. The summed E-state index contributed by atoms with van der Waals surface area (Å²) in [4.78, 5) is 43.3. The molecule has 3 rings (SSSR count). The van der Waals surface area contributed by atoms with Crippen LogP contribution in [0, 0.1) is 0 Å². The largest absolute Gasteiger partial charge is 0.382 e. The zero-order valence-electron chi connectivity index (χ0n) is 21.5. The number of hydrogen-bond donors (Lipinski definition) is 4. The van der Waals surface area contributed by atoms with E-state index in [4.69, 9.17) is 16.2 Å². The number of carbonyl (C=O) groups excluding carboxylic acids is 2. The van der Waals surface area contributed by atoms with E-state index in [9.17, 15) is 9.59 Å². The lowest BCUT2D eigenvalue weighted by atomic mass is 10.1. The summed E-state index contributed by atoms with van der Waals surface area (Å²) in [5.74, 6) is -0.00659. The van der Waals surface area contributed by atoms with Gasteiger partial charge in [0.1, 0.15) is 0 Å². The SMILES string of the molecule is CCCOCCNC(=O)CC[C@@H](C)NC(=O)c1ccc(N(C)Cc2cnc3nc(N)nc(N)c3n2)cc1. The van der Waals surface area contributed by atoms with Gasteiger partial charge in [0, 0.05) is 43.9 Å². The molecule has 2 amide bonds. The molecule has 1 atom stereocenters. The average molecular weight is 510 g/mol. The van der Waals surface area contributed by atoms with Crippen molar-refractivity contribution in [3.05, 3.63) is 41.7 Å². The Kier molecular flexibility index (Phi) is 9.90. The van der Waals surface area contributed by atoms with Crippen molar-refractivity contribution in [1.82, 2.24) is 30.6 Å². The molecule has 37 heavy (non-hydrogen) atoms. The molecule has 0 radical (unpaired) electrons. The van der Waals surface area contributed by atoms with Crippen molar-refractivity contribution in [3.63, 3.8) is 0 Å². The summed E-state index contributed by atoms with van der Waals surface area (Å²) in [5, 5.41) is 5.76. The van der Waals surface area contributed by atoms with Gasteiger partial charge in [-0.05, 0) is 44.0 Å². The van der Waals surface area contributed by atoms with Gasteiger partial charge >= 0.3 is 0 Å². The first kappa shape index (κ1) is 27.5. The number of hydrogen-bond acceptors (Lipinski definition) is 10. The zero-order valence-corrected chi connectivity index (χ0v) is 21.5. The highest BCUT2D eigenvalue weighted by Gasteiger charge is 2.13. The number of carbonyl (C=O) groups is 2. The second-order valence-corrected chi connectivity index (χ2v) is 8.78. The molecule has 0 unspecified atom stereocenters. The zero-order chi connectivity index (χ0) is 26.8. The van der Waals surface area contributed by atoms with Crippen LogP contribution in [-0.2, 0) is 16.1 Å². The molecule has 2 heterocycles. The number of nitrogens with zero attached hydrogens (tertiary/aromatic N) is 5. The highest BCUT2D eigenvalue weighted by molar-refractivity contribution is 5.94. The Morgan fingerprint density at radius 1 is 1.11 bits per heavy atom. The highest BCUT2D eigenvalue weighted by Crippen LogP contribution is 2.19. The van der Waals surface area contributed by atoms with Crippen LogP contribution in [0.15, 0.2) is 30.5 Å². The van der Waals surface area contributed by atoms with E-state index in [0.29, 0.717) is 61.6 Å². The Labute approximate surface area is 216 Å². The molecule has 2 aromatic heterocycles. The quantitative estimate of drug-likeness (QED) is 0.248. The summed E-state index contributed by atoms with van der Waals surface area (Å²) in [7, 11) is 1.91. The van der Waals surface area contributed by atoms with Crippen LogP contribution in [0.3, 0.4) is 0 Å². The van der Waals surface area contributed by atoms with E-state index < -0.39 is 0 Å². The monoisotopic (exact) mass is 509 g/mol. The van der Waals surface area contributed by atoms with Gasteiger partial charge in [0.15, 0.2) is 17.0 Å². The van der Waals surface area contributed by atoms with Crippen molar-refractivity contribution in [2.24, 2.45) is 0 Å². The van der Waals surface area contributed by atoms with E-state index in [1.54, 1.807) is 18.3 Å². The first-order chi connectivity index (χ1) is 17.8. The van der Waals surface area contributed by atoms with E-state index >= 15 is 0 Å². The fourth-order valence-corrected chi connectivity index (χ4v) is 3.58. The van der Waals surface area contributed by atoms with Crippen LogP contribution in [0.4, 0.5) is 17.5 Å². The summed E-state index contributed by atoms with van der Waals surface area (Å²) < 4.78 is 5.34. The molecule has 3 aromatic rings. The lowest BCUT2D eigenvalue weighted by molar-refractivity contribution is -0.121. The second-order valence-electron chi connectivity index (χ2n) is 8.78. The van der Waals surface area contributed by atoms with Gasteiger partial charge in [0.25, 0.3) is 5.91 Å². The molecular weight excluding hydrogens is 474 g/mol. The molecule has 0 aliphatic heterocycles. The predicted molar refractivity (Wildman–Crippen MR) is 143 cm³/mol. The van der Waals surface area contributed by atoms with Crippen LogP contribution < -0.4 is 27.0 Å². The first-order valence-electron chi connectivity index (χ1n) is 12.3. The summed E-state index contributed by atoms with van der Waals surface area (Å²) in [6.07, 6.45) is 3.45. The molecule has 6 N–H and O–H groups in total. The van der Waals surface area contributed by atoms with Gasteiger partial charge in [-0.25, -0.2) is 9.97 Å². The lowest BCUT2D eigenvalue weighted by Gasteiger charge is -2.19. The van der Waals surface area contributed by atoms with Gasteiger partial charge in [-0.3, -0.25) is 9.59 Å². The van der Waals surface area contributed by atoms with Crippen molar-refractivity contribution < 1.29 is 14.3 Å². The van der Waals surface area contributed by atoms with Crippen LogP contribution in [-0.4, -0.2) is 64.6 Å². The van der Waals surface area contributed by atoms with Gasteiger partial charge in [0.2, 0.25) is 11.9 Å². The molecule has 0 fully saturated rings. The van der Waals surface area contributed by atoms with E-state index in [1.165, 1.54) is 0 Å². The normalized spacial score (nSPS) is 11.8. The van der Waals surface area contributed by atoms with Crippen molar-refractivity contribution in [3.8, 4) is 0 Å². The Morgan fingerprint density at radius 3 is 2.59 bits per heavy atom. The Hall–Kier alpha value is -4.06. The molecule has 0 spiro atoms. The number of nitrogens with two attached hydrogens (primary N) is 2. The number of fused-ring (bicyclic) bond motifs is 1. The summed E-state index contributed by atoms with van der Waals surface area (Å²) >= 11 is 0.